The second-order valence-electron chi connectivity index (χ2n) is 3.64. The second kappa shape index (κ2) is 5.18. The van der Waals surface area contributed by atoms with Gasteiger partial charge in [0.25, 0.3) is 5.91 Å². The molecule has 0 unspecified atom stereocenters. The average molecular weight is 201 g/mol. The Hall–Kier alpha value is -1.79. The summed E-state index contributed by atoms with van der Waals surface area (Å²) in [7, 11) is 0. The highest BCUT2D eigenvalue weighted by Gasteiger charge is 1.95. The van der Waals surface area contributed by atoms with Crippen LogP contribution < -0.4 is 5.32 Å². The van der Waals surface area contributed by atoms with E-state index in [1.165, 1.54) is 11.6 Å². The number of carbonyl (C=O) groups excluding carboxylic acids is 1. The van der Waals surface area contributed by atoms with Crippen molar-refractivity contribution in [2.75, 3.05) is 5.32 Å². The molecule has 0 saturated carbocycles. The van der Waals surface area contributed by atoms with Gasteiger partial charge >= 0.3 is 0 Å². The minimum Gasteiger partial charge on any atom is -0.322 e. The number of aryl methyl sites for hydroxylation is 1. The van der Waals surface area contributed by atoms with Gasteiger partial charge in [0.05, 0.1) is 0 Å². The predicted molar refractivity (Wildman–Crippen MR) is 62.8 cm³/mol. The van der Waals surface area contributed by atoms with E-state index >= 15 is 0 Å². The fourth-order valence-electron chi connectivity index (χ4n) is 1.03. The monoisotopic (exact) mass is 201 g/mol. The first-order valence-corrected chi connectivity index (χ1v) is 4.85. The van der Waals surface area contributed by atoms with Gasteiger partial charge in [0.1, 0.15) is 0 Å². The van der Waals surface area contributed by atoms with E-state index in [1.54, 1.807) is 0 Å². The van der Waals surface area contributed by atoms with Gasteiger partial charge in [-0.1, -0.05) is 17.7 Å². The molecule has 0 aromatic heterocycles. The molecule has 78 valence electrons. The van der Waals surface area contributed by atoms with Crippen molar-refractivity contribution >= 4 is 11.6 Å². The van der Waals surface area contributed by atoms with E-state index in [4.69, 9.17) is 0 Å². The largest absolute Gasteiger partial charge is 0.322 e. The van der Waals surface area contributed by atoms with Crippen LogP contribution in [-0.4, -0.2) is 5.91 Å². The van der Waals surface area contributed by atoms with Crippen LogP contribution in [0.15, 0.2) is 41.6 Å². The summed E-state index contributed by atoms with van der Waals surface area (Å²) in [6.07, 6.45) is 1.41. The van der Waals surface area contributed by atoms with Crippen molar-refractivity contribution in [1.82, 2.24) is 0 Å². The van der Waals surface area contributed by atoms with Gasteiger partial charge < -0.3 is 5.32 Å². The summed E-state index contributed by atoms with van der Waals surface area (Å²) in [5.74, 6) is -0.153. The lowest BCUT2D eigenvalue weighted by atomic mass is 10.2. The first-order chi connectivity index (χ1) is 7.08. The predicted octanol–water partition coefficient (Wildman–Crippen LogP) is 3.05. The summed E-state index contributed by atoms with van der Waals surface area (Å²) in [5, 5.41) is 2.75. The van der Waals surface area contributed by atoms with Crippen molar-refractivity contribution in [3.63, 3.8) is 0 Å². The molecule has 0 aliphatic rings. The third-order valence-corrected chi connectivity index (χ3v) is 1.81. The van der Waals surface area contributed by atoms with Gasteiger partial charge in [-0.15, -0.1) is 5.73 Å². The highest BCUT2D eigenvalue weighted by molar-refractivity contribution is 5.99. The molecule has 0 atom stereocenters. The molecule has 0 fully saturated rings. The van der Waals surface area contributed by atoms with Crippen LogP contribution in [0.5, 0.6) is 0 Å². The van der Waals surface area contributed by atoms with E-state index in [1.807, 2.05) is 45.0 Å². The molecule has 0 saturated heterocycles. The number of carbonyl (C=O) groups is 1. The Morgan fingerprint density at radius 2 is 1.87 bits per heavy atom. The van der Waals surface area contributed by atoms with Crippen LogP contribution >= 0.6 is 0 Å². The Balaban J connectivity index is 2.67. The fourth-order valence-corrected chi connectivity index (χ4v) is 1.03. The maximum Gasteiger partial charge on any atom is 0.256 e. The number of benzene rings is 1. The molecule has 0 heterocycles. The van der Waals surface area contributed by atoms with Gasteiger partial charge in [0, 0.05) is 11.8 Å². The highest BCUT2D eigenvalue weighted by atomic mass is 16.1. The van der Waals surface area contributed by atoms with Crippen LogP contribution in [0, 0.1) is 6.92 Å². The zero-order valence-corrected chi connectivity index (χ0v) is 9.29. The highest BCUT2D eigenvalue weighted by Crippen LogP contribution is 2.08. The molecule has 0 spiro atoms. The second-order valence-corrected chi connectivity index (χ2v) is 3.64. The SMILES string of the molecule is CC(C)=C=CC(=O)Nc1ccc(C)cc1. The molecule has 1 amide bonds. The van der Waals surface area contributed by atoms with Crippen LogP contribution in [0.4, 0.5) is 5.69 Å². The zero-order chi connectivity index (χ0) is 11.3. The Kier molecular flexibility index (Phi) is 3.90. The fraction of sp³-hybridized carbons (Fsp3) is 0.231. The summed E-state index contributed by atoms with van der Waals surface area (Å²) in [5.41, 5.74) is 5.81. The van der Waals surface area contributed by atoms with Crippen LogP contribution in [0.2, 0.25) is 0 Å². The minimum atomic E-state index is -0.153. The molecule has 1 aromatic carbocycles. The first-order valence-electron chi connectivity index (χ1n) is 4.85. The standard InChI is InChI=1S/C13H15NO/c1-10(2)4-9-13(15)14-12-7-5-11(3)6-8-12/h5-9H,1-3H3,(H,14,15). The number of hydrogen-bond donors (Lipinski definition) is 1. The van der Waals surface area contributed by atoms with Crippen molar-refractivity contribution in [3.05, 3.63) is 47.2 Å². The van der Waals surface area contributed by atoms with Crippen molar-refractivity contribution in [1.29, 1.82) is 0 Å². The molecule has 1 rings (SSSR count). The van der Waals surface area contributed by atoms with Gasteiger partial charge in [-0.05, 0) is 38.5 Å². The lowest BCUT2D eigenvalue weighted by Crippen LogP contribution is -2.07. The molecule has 15 heavy (non-hydrogen) atoms. The molecular formula is C13H15NO. The van der Waals surface area contributed by atoms with Crippen molar-refractivity contribution in [2.24, 2.45) is 0 Å². The number of anilines is 1. The van der Waals surface area contributed by atoms with E-state index < -0.39 is 0 Å². The number of amides is 1. The molecule has 0 bridgehead atoms. The van der Waals surface area contributed by atoms with Crippen molar-refractivity contribution in [3.8, 4) is 0 Å². The molecule has 2 heteroatoms. The Morgan fingerprint density at radius 1 is 1.27 bits per heavy atom. The number of nitrogens with one attached hydrogen (secondary N) is 1. The zero-order valence-electron chi connectivity index (χ0n) is 9.29. The van der Waals surface area contributed by atoms with Gasteiger partial charge in [0.15, 0.2) is 0 Å². The van der Waals surface area contributed by atoms with Crippen LogP contribution in [0.25, 0.3) is 0 Å². The summed E-state index contributed by atoms with van der Waals surface area (Å²) in [4.78, 5) is 11.4. The lowest BCUT2D eigenvalue weighted by molar-refractivity contribution is -0.111. The third kappa shape index (κ3) is 4.30. The van der Waals surface area contributed by atoms with E-state index in [2.05, 4.69) is 11.0 Å². The van der Waals surface area contributed by atoms with Gasteiger partial charge in [-0.3, -0.25) is 4.79 Å². The van der Waals surface area contributed by atoms with Crippen LogP contribution in [0.1, 0.15) is 19.4 Å². The quantitative estimate of drug-likeness (QED) is 0.578. The van der Waals surface area contributed by atoms with E-state index in [0.717, 1.165) is 11.3 Å². The Labute approximate surface area is 90.3 Å². The van der Waals surface area contributed by atoms with Crippen molar-refractivity contribution in [2.45, 2.75) is 20.8 Å². The summed E-state index contributed by atoms with van der Waals surface area (Å²) >= 11 is 0. The Bertz CT molecular complexity index is 405. The number of hydrogen-bond acceptors (Lipinski definition) is 1. The normalized spacial score (nSPS) is 9.00. The topological polar surface area (TPSA) is 29.1 Å². The van der Waals surface area contributed by atoms with Crippen LogP contribution in [-0.2, 0) is 4.79 Å². The molecule has 1 N–H and O–H groups in total. The molecule has 2 nitrogen and oxygen atoms in total. The third-order valence-electron chi connectivity index (χ3n) is 1.81. The average Bonchev–Trinajstić information content (AvgIpc) is 2.19. The maximum absolute atomic E-state index is 11.4. The molecule has 1 aromatic rings. The number of rotatable bonds is 2. The van der Waals surface area contributed by atoms with Gasteiger partial charge in [-0.25, -0.2) is 0 Å². The van der Waals surface area contributed by atoms with E-state index in [9.17, 15) is 4.79 Å². The minimum absolute atomic E-state index is 0.153. The molecular weight excluding hydrogens is 186 g/mol. The van der Waals surface area contributed by atoms with Gasteiger partial charge in [0.2, 0.25) is 0 Å². The summed E-state index contributed by atoms with van der Waals surface area (Å²) < 4.78 is 0. The summed E-state index contributed by atoms with van der Waals surface area (Å²) in [6.45, 7) is 5.81. The van der Waals surface area contributed by atoms with Crippen molar-refractivity contribution < 1.29 is 4.79 Å². The van der Waals surface area contributed by atoms with E-state index in [0.29, 0.717) is 0 Å². The summed E-state index contributed by atoms with van der Waals surface area (Å²) in [6, 6.07) is 7.67. The van der Waals surface area contributed by atoms with E-state index in [-0.39, 0.29) is 5.91 Å². The molecule has 0 radical (unpaired) electrons. The molecule has 0 aliphatic heterocycles. The first kappa shape index (κ1) is 11.3. The maximum atomic E-state index is 11.4. The Morgan fingerprint density at radius 3 is 2.40 bits per heavy atom. The van der Waals surface area contributed by atoms with Crippen LogP contribution in [0.3, 0.4) is 0 Å². The molecule has 0 aliphatic carbocycles. The van der Waals surface area contributed by atoms with Gasteiger partial charge in [-0.2, -0.15) is 0 Å². The smallest absolute Gasteiger partial charge is 0.256 e. The lowest BCUT2D eigenvalue weighted by Gasteiger charge is -2.01.